The van der Waals surface area contributed by atoms with Crippen LogP contribution in [0.2, 0.25) is 0 Å². The van der Waals surface area contributed by atoms with Crippen molar-refractivity contribution < 1.29 is 0 Å². The van der Waals surface area contributed by atoms with E-state index in [0.29, 0.717) is 3.42 Å². The fourth-order valence-electron chi connectivity index (χ4n) is 2.62. The summed E-state index contributed by atoms with van der Waals surface area (Å²) >= 11 is 9.14. The van der Waals surface area contributed by atoms with Gasteiger partial charge in [0.1, 0.15) is 0 Å². The highest BCUT2D eigenvalue weighted by molar-refractivity contribution is 14.1. The van der Waals surface area contributed by atoms with Crippen LogP contribution < -0.4 is 0 Å². The lowest BCUT2D eigenvalue weighted by Crippen LogP contribution is -2.42. The Morgan fingerprint density at radius 1 is 1.00 bits per heavy atom. The molecule has 2 heteroatoms. The van der Waals surface area contributed by atoms with Gasteiger partial charge in [0.05, 0.1) is 0 Å². The van der Waals surface area contributed by atoms with E-state index < -0.39 is 0 Å². The summed E-state index contributed by atoms with van der Waals surface area (Å²) in [5, 5.41) is 0. The lowest BCUT2D eigenvalue weighted by Gasteiger charge is -2.46. The van der Waals surface area contributed by atoms with Crippen molar-refractivity contribution in [2.75, 3.05) is 0 Å². The minimum absolute atomic E-state index is 0.206. The van der Waals surface area contributed by atoms with Gasteiger partial charge >= 0.3 is 0 Å². The first-order chi connectivity index (χ1) is 5.12. The first kappa shape index (κ1) is 8.61. The first-order valence-corrected chi connectivity index (χ1v) is 5.96. The molecule has 0 saturated heterocycles. The van der Waals surface area contributed by atoms with Gasteiger partial charge in [-0.05, 0) is 32.1 Å². The molecule has 2 aliphatic carbocycles. The zero-order chi connectivity index (χ0) is 7.95. The van der Waals surface area contributed by atoms with E-state index in [1.54, 1.807) is 0 Å². The fourth-order valence-corrected chi connectivity index (χ4v) is 4.86. The van der Waals surface area contributed by atoms with E-state index >= 15 is 0 Å². The van der Waals surface area contributed by atoms with E-state index in [-0.39, 0.29) is 4.87 Å². The molecule has 0 atom stereocenters. The molecular weight excluding hydrogens is 270 g/mol. The molecule has 2 bridgehead atoms. The van der Waals surface area contributed by atoms with Gasteiger partial charge in [0.15, 0.2) is 0 Å². The molecule has 0 radical (unpaired) electrons. The second-order valence-corrected chi connectivity index (χ2v) is 7.28. The van der Waals surface area contributed by atoms with Crippen LogP contribution >= 0.6 is 34.2 Å². The highest BCUT2D eigenvalue weighted by Gasteiger charge is 2.45. The highest BCUT2D eigenvalue weighted by atomic mass is 127. The van der Waals surface area contributed by atoms with Crippen LogP contribution in [0.15, 0.2) is 0 Å². The molecule has 0 aliphatic heterocycles. The fraction of sp³-hybridized carbons (Fsp3) is 1.00. The van der Waals surface area contributed by atoms with Crippen LogP contribution in [0.5, 0.6) is 0 Å². The molecule has 64 valence electrons. The average molecular weight is 285 g/mol. The minimum Gasteiger partial charge on any atom is -0.119 e. The Kier molecular flexibility index (Phi) is 2.16. The molecule has 2 rings (SSSR count). The molecule has 0 aromatic heterocycles. The smallest absolute Gasteiger partial charge is 0.0459 e. The van der Waals surface area contributed by atoms with Crippen LogP contribution in [-0.4, -0.2) is 8.30 Å². The summed E-state index contributed by atoms with van der Waals surface area (Å²) in [4.78, 5) is 0.206. The van der Waals surface area contributed by atoms with Crippen molar-refractivity contribution in [3.8, 4) is 0 Å². The predicted molar refractivity (Wildman–Crippen MR) is 57.7 cm³/mol. The maximum absolute atomic E-state index is 6.49. The summed E-state index contributed by atoms with van der Waals surface area (Å²) in [6, 6.07) is 0. The van der Waals surface area contributed by atoms with Gasteiger partial charge < -0.3 is 0 Å². The first-order valence-electron chi connectivity index (χ1n) is 4.50. The largest absolute Gasteiger partial charge is 0.119 e. The van der Waals surface area contributed by atoms with Crippen LogP contribution in [-0.2, 0) is 0 Å². The minimum atomic E-state index is 0.206. The second-order valence-electron chi connectivity index (χ2n) is 4.19. The Labute approximate surface area is 87.2 Å². The van der Waals surface area contributed by atoms with Crippen molar-refractivity contribution in [1.29, 1.82) is 0 Å². The lowest BCUT2D eigenvalue weighted by atomic mass is 9.72. The lowest BCUT2D eigenvalue weighted by molar-refractivity contribution is 0.252. The molecule has 2 aliphatic rings. The summed E-state index contributed by atoms with van der Waals surface area (Å²) in [5.41, 5.74) is 0. The number of alkyl halides is 2. The number of rotatable bonds is 0. The maximum atomic E-state index is 6.49. The van der Waals surface area contributed by atoms with E-state index in [2.05, 4.69) is 22.6 Å². The Balaban J connectivity index is 2.16. The normalized spacial score (nSPS) is 50.7. The Hall–Kier alpha value is 1.02. The molecule has 0 nitrogen and oxygen atoms in total. The van der Waals surface area contributed by atoms with Gasteiger partial charge in [0, 0.05) is 8.30 Å². The summed E-state index contributed by atoms with van der Waals surface area (Å²) in [6.45, 7) is 0. The molecule has 0 heterocycles. The van der Waals surface area contributed by atoms with Crippen LogP contribution in [0.1, 0.15) is 44.9 Å². The maximum Gasteiger partial charge on any atom is 0.0459 e. The van der Waals surface area contributed by atoms with Crippen LogP contribution in [0.4, 0.5) is 0 Å². The van der Waals surface area contributed by atoms with Crippen LogP contribution in [0, 0.1) is 0 Å². The van der Waals surface area contributed by atoms with Crippen molar-refractivity contribution in [3.05, 3.63) is 0 Å². The van der Waals surface area contributed by atoms with Gasteiger partial charge in [0.25, 0.3) is 0 Å². The third kappa shape index (κ3) is 1.69. The van der Waals surface area contributed by atoms with E-state index in [4.69, 9.17) is 11.6 Å². The predicted octanol–water partition coefficient (Wildman–Crippen LogP) is 3.90. The van der Waals surface area contributed by atoms with Crippen molar-refractivity contribution in [2.24, 2.45) is 0 Å². The van der Waals surface area contributed by atoms with E-state index in [1.165, 1.54) is 44.9 Å². The van der Waals surface area contributed by atoms with E-state index in [0.717, 1.165) is 0 Å². The topological polar surface area (TPSA) is 0 Å². The average Bonchev–Trinajstić information content (AvgIpc) is 1.83. The summed E-state index contributed by atoms with van der Waals surface area (Å²) < 4.78 is 0.579. The van der Waals surface area contributed by atoms with E-state index in [1.807, 2.05) is 0 Å². The SMILES string of the molecule is ClC12CCCC(I)(CCC1)C2. The number of halogens is 2. The molecular formula is C9H14ClI. The van der Waals surface area contributed by atoms with Gasteiger partial charge in [-0.2, -0.15) is 0 Å². The van der Waals surface area contributed by atoms with Gasteiger partial charge in [-0.15, -0.1) is 11.6 Å². The third-order valence-corrected chi connectivity index (χ3v) is 5.10. The van der Waals surface area contributed by atoms with Gasteiger partial charge in [-0.1, -0.05) is 35.4 Å². The molecule has 0 aromatic carbocycles. The monoisotopic (exact) mass is 284 g/mol. The zero-order valence-electron chi connectivity index (χ0n) is 6.71. The van der Waals surface area contributed by atoms with Crippen molar-refractivity contribution in [1.82, 2.24) is 0 Å². The summed E-state index contributed by atoms with van der Waals surface area (Å²) in [5.74, 6) is 0. The Bertz CT molecular complexity index is 141. The quantitative estimate of drug-likeness (QED) is 0.467. The standard InChI is InChI=1S/C9H14ClI/c10-8-3-1-5-9(11,7-8)6-2-4-8/h1-7H2. The number of hydrogen-bond donors (Lipinski definition) is 0. The van der Waals surface area contributed by atoms with E-state index in [9.17, 15) is 0 Å². The third-order valence-electron chi connectivity index (χ3n) is 3.13. The summed E-state index contributed by atoms with van der Waals surface area (Å²) in [7, 11) is 0. The molecule has 0 amide bonds. The number of hydrogen-bond acceptors (Lipinski definition) is 0. The van der Waals surface area contributed by atoms with Gasteiger partial charge in [0.2, 0.25) is 0 Å². The molecule has 2 saturated carbocycles. The van der Waals surface area contributed by atoms with Crippen LogP contribution in [0.25, 0.3) is 0 Å². The zero-order valence-corrected chi connectivity index (χ0v) is 9.62. The summed E-state index contributed by atoms with van der Waals surface area (Å²) in [6.07, 6.45) is 9.31. The second kappa shape index (κ2) is 2.76. The molecule has 2 fully saturated rings. The van der Waals surface area contributed by atoms with Crippen molar-refractivity contribution in [3.63, 3.8) is 0 Å². The molecule has 0 N–H and O–H groups in total. The van der Waals surface area contributed by atoms with Crippen molar-refractivity contribution in [2.45, 2.75) is 53.2 Å². The van der Waals surface area contributed by atoms with Gasteiger partial charge in [-0.25, -0.2) is 0 Å². The molecule has 11 heavy (non-hydrogen) atoms. The molecule has 0 aromatic rings. The molecule has 0 spiro atoms. The van der Waals surface area contributed by atoms with Crippen LogP contribution in [0.3, 0.4) is 0 Å². The van der Waals surface area contributed by atoms with Gasteiger partial charge in [-0.3, -0.25) is 0 Å². The number of fused-ring (bicyclic) bond motifs is 2. The molecule has 0 unspecified atom stereocenters. The van der Waals surface area contributed by atoms with Crippen molar-refractivity contribution >= 4 is 34.2 Å². The Morgan fingerprint density at radius 2 is 1.55 bits per heavy atom. The highest BCUT2D eigenvalue weighted by Crippen LogP contribution is 2.53. The Morgan fingerprint density at radius 3 is 1.91 bits per heavy atom.